The van der Waals surface area contributed by atoms with Crippen LogP contribution in [0.2, 0.25) is 0 Å². The first-order chi connectivity index (χ1) is 16.4. The highest BCUT2D eigenvalue weighted by molar-refractivity contribution is 5.97. The molecule has 0 radical (unpaired) electrons. The number of alkyl carbamates (subject to hydrolysis) is 1. The Balaban J connectivity index is 1.55. The number of rotatable bonds is 9. The normalized spacial score (nSPS) is 15.7. The van der Waals surface area contributed by atoms with Gasteiger partial charge in [0.05, 0.1) is 25.4 Å². The minimum absolute atomic E-state index is 0.105. The molecule has 1 aliphatic heterocycles. The summed E-state index contributed by atoms with van der Waals surface area (Å²) in [5, 5.41) is 2.56. The maximum Gasteiger partial charge on any atom is 0.413 e. The average Bonchev–Trinajstić information content (AvgIpc) is 2.82. The van der Waals surface area contributed by atoms with Crippen LogP contribution in [0.1, 0.15) is 57.4 Å². The topological polar surface area (TPSA) is 127 Å². The molecule has 3 amide bonds. The monoisotopic (exact) mass is 473 g/mol. The van der Waals surface area contributed by atoms with Gasteiger partial charge in [-0.25, -0.2) is 9.79 Å². The first-order valence-electron chi connectivity index (χ1n) is 11.9. The van der Waals surface area contributed by atoms with Crippen molar-refractivity contribution < 1.29 is 23.9 Å². The van der Waals surface area contributed by atoms with Crippen LogP contribution in [0, 0.1) is 0 Å². The van der Waals surface area contributed by atoms with Crippen molar-refractivity contribution >= 4 is 29.6 Å². The number of carbonyl (C=O) groups excluding carboxylic acids is 3. The minimum atomic E-state index is -0.650. The molecule has 0 saturated heterocycles. The SMILES string of the molecule is CCOC(=O)NC1=Nc2ccc(OCCCC(=O)N(C)C3CCCCC3)cc2CN1CC(N)=O. The summed E-state index contributed by atoms with van der Waals surface area (Å²) in [5.41, 5.74) is 6.85. The summed E-state index contributed by atoms with van der Waals surface area (Å²) in [6.45, 7) is 2.56. The van der Waals surface area contributed by atoms with Crippen LogP contribution in [0.5, 0.6) is 5.75 Å². The molecule has 186 valence electrons. The molecular weight excluding hydrogens is 438 g/mol. The van der Waals surface area contributed by atoms with Gasteiger partial charge in [-0.3, -0.25) is 14.9 Å². The highest BCUT2D eigenvalue weighted by Gasteiger charge is 2.24. The maximum atomic E-state index is 12.5. The van der Waals surface area contributed by atoms with Gasteiger partial charge in [-0.1, -0.05) is 19.3 Å². The molecular formula is C24H35N5O5. The molecule has 1 aliphatic carbocycles. The summed E-state index contributed by atoms with van der Waals surface area (Å²) in [7, 11) is 1.91. The van der Waals surface area contributed by atoms with E-state index in [1.54, 1.807) is 24.0 Å². The van der Waals surface area contributed by atoms with Gasteiger partial charge >= 0.3 is 6.09 Å². The van der Waals surface area contributed by atoms with E-state index in [0.29, 0.717) is 43.5 Å². The number of guanidine groups is 1. The van der Waals surface area contributed by atoms with Gasteiger partial charge in [0.2, 0.25) is 17.8 Å². The predicted octanol–water partition coefficient (Wildman–Crippen LogP) is 2.67. The van der Waals surface area contributed by atoms with E-state index in [1.165, 1.54) is 19.3 Å². The van der Waals surface area contributed by atoms with Gasteiger partial charge in [0.25, 0.3) is 0 Å². The lowest BCUT2D eigenvalue weighted by atomic mass is 9.94. The average molecular weight is 474 g/mol. The van der Waals surface area contributed by atoms with E-state index < -0.39 is 12.0 Å². The van der Waals surface area contributed by atoms with Crippen molar-refractivity contribution in [3.8, 4) is 5.75 Å². The Morgan fingerprint density at radius 1 is 1.24 bits per heavy atom. The van der Waals surface area contributed by atoms with Crippen LogP contribution < -0.4 is 15.8 Å². The fourth-order valence-corrected chi connectivity index (χ4v) is 4.30. The third-order valence-corrected chi connectivity index (χ3v) is 6.09. The number of fused-ring (bicyclic) bond motifs is 1. The van der Waals surface area contributed by atoms with Crippen LogP contribution in [-0.4, -0.2) is 66.5 Å². The molecule has 10 heteroatoms. The number of carbonyl (C=O) groups is 3. The van der Waals surface area contributed by atoms with E-state index in [2.05, 4.69) is 10.3 Å². The van der Waals surface area contributed by atoms with Crippen LogP contribution in [0.4, 0.5) is 10.5 Å². The standard InChI is InChI=1S/C24H35N5O5/c1-3-33-24(32)27-23-26-20-12-11-19(14-17(20)15-29(23)16-21(25)30)34-13-7-10-22(31)28(2)18-8-5-4-6-9-18/h11-12,14,18H,3-10,13,15-16H2,1-2H3,(H2,25,30)(H,26,27,32). The van der Waals surface area contributed by atoms with Crippen LogP contribution in [0.3, 0.4) is 0 Å². The van der Waals surface area contributed by atoms with Crippen LogP contribution in [0.15, 0.2) is 23.2 Å². The van der Waals surface area contributed by atoms with E-state index in [9.17, 15) is 14.4 Å². The van der Waals surface area contributed by atoms with Crippen molar-refractivity contribution in [2.45, 2.75) is 64.5 Å². The zero-order valence-electron chi connectivity index (χ0n) is 20.0. The molecule has 1 aromatic rings. The maximum absolute atomic E-state index is 12.5. The van der Waals surface area contributed by atoms with E-state index in [-0.39, 0.29) is 25.0 Å². The number of nitrogens with two attached hydrogens (primary N) is 1. The van der Waals surface area contributed by atoms with E-state index >= 15 is 0 Å². The summed E-state index contributed by atoms with van der Waals surface area (Å²) in [4.78, 5) is 43.8. The largest absolute Gasteiger partial charge is 0.494 e. The number of aliphatic imine (C=N–C) groups is 1. The Kier molecular flexibility index (Phi) is 9.12. The summed E-state index contributed by atoms with van der Waals surface area (Å²) in [5.74, 6) is 0.484. The zero-order chi connectivity index (χ0) is 24.5. The van der Waals surface area contributed by atoms with E-state index in [4.69, 9.17) is 15.2 Å². The quantitative estimate of drug-likeness (QED) is 0.531. The second-order valence-corrected chi connectivity index (χ2v) is 8.64. The molecule has 1 fully saturated rings. The molecule has 10 nitrogen and oxygen atoms in total. The lowest BCUT2D eigenvalue weighted by Crippen LogP contribution is -2.48. The van der Waals surface area contributed by atoms with Crippen molar-refractivity contribution in [3.05, 3.63) is 23.8 Å². The molecule has 1 heterocycles. The van der Waals surface area contributed by atoms with Crippen molar-refractivity contribution in [2.24, 2.45) is 10.7 Å². The van der Waals surface area contributed by atoms with Gasteiger partial charge in [0, 0.05) is 31.6 Å². The van der Waals surface area contributed by atoms with Crippen LogP contribution in [-0.2, 0) is 20.9 Å². The van der Waals surface area contributed by atoms with Gasteiger partial charge in [0.1, 0.15) is 5.75 Å². The second kappa shape index (κ2) is 12.2. The van der Waals surface area contributed by atoms with Crippen LogP contribution in [0.25, 0.3) is 0 Å². The number of primary amides is 1. The third-order valence-electron chi connectivity index (χ3n) is 6.09. The second-order valence-electron chi connectivity index (χ2n) is 8.64. The number of benzene rings is 1. The number of hydrogen-bond donors (Lipinski definition) is 2. The van der Waals surface area contributed by atoms with Gasteiger partial charge in [-0.2, -0.15) is 0 Å². The third kappa shape index (κ3) is 7.10. The van der Waals surface area contributed by atoms with E-state index in [0.717, 1.165) is 18.4 Å². The minimum Gasteiger partial charge on any atom is -0.494 e. The molecule has 1 saturated carbocycles. The Labute approximate surface area is 200 Å². The summed E-state index contributed by atoms with van der Waals surface area (Å²) in [6.07, 6.45) is 6.30. The van der Waals surface area contributed by atoms with Crippen molar-refractivity contribution in [1.82, 2.24) is 15.1 Å². The molecule has 3 rings (SSSR count). The predicted molar refractivity (Wildman–Crippen MR) is 128 cm³/mol. The number of nitrogens with zero attached hydrogens (tertiary/aromatic N) is 3. The molecule has 2 aliphatic rings. The van der Waals surface area contributed by atoms with Crippen molar-refractivity contribution in [1.29, 1.82) is 0 Å². The summed E-state index contributed by atoms with van der Waals surface area (Å²) >= 11 is 0. The van der Waals surface area contributed by atoms with Gasteiger partial charge < -0.3 is 25.0 Å². The molecule has 0 bridgehead atoms. The Hall–Kier alpha value is -3.30. The van der Waals surface area contributed by atoms with Crippen molar-refractivity contribution in [3.63, 3.8) is 0 Å². The Bertz CT molecular complexity index is 913. The Morgan fingerprint density at radius 3 is 2.71 bits per heavy atom. The van der Waals surface area contributed by atoms with E-state index in [1.807, 2.05) is 18.0 Å². The molecule has 3 N–H and O–H groups in total. The summed E-state index contributed by atoms with van der Waals surface area (Å²) in [6, 6.07) is 5.81. The molecule has 0 aromatic heterocycles. The zero-order valence-corrected chi connectivity index (χ0v) is 20.0. The van der Waals surface area contributed by atoms with Gasteiger partial charge in [-0.15, -0.1) is 0 Å². The lowest BCUT2D eigenvalue weighted by molar-refractivity contribution is -0.132. The number of ether oxygens (including phenoxy) is 2. The van der Waals surface area contributed by atoms with Crippen LogP contribution >= 0.6 is 0 Å². The number of amides is 3. The molecule has 34 heavy (non-hydrogen) atoms. The highest BCUT2D eigenvalue weighted by atomic mass is 16.5. The first-order valence-corrected chi connectivity index (χ1v) is 11.9. The van der Waals surface area contributed by atoms with Crippen molar-refractivity contribution in [2.75, 3.05) is 26.8 Å². The van der Waals surface area contributed by atoms with Gasteiger partial charge in [0.15, 0.2) is 0 Å². The van der Waals surface area contributed by atoms with Gasteiger partial charge in [-0.05, 0) is 44.4 Å². The fourth-order valence-electron chi connectivity index (χ4n) is 4.30. The Morgan fingerprint density at radius 2 is 2.00 bits per heavy atom. The smallest absolute Gasteiger partial charge is 0.413 e. The highest BCUT2D eigenvalue weighted by Crippen LogP contribution is 2.29. The molecule has 0 unspecified atom stereocenters. The summed E-state index contributed by atoms with van der Waals surface area (Å²) < 4.78 is 10.8. The number of nitrogens with one attached hydrogen (secondary N) is 1. The lowest BCUT2D eigenvalue weighted by Gasteiger charge is -2.31. The molecule has 1 aromatic carbocycles. The molecule has 0 spiro atoms. The fraction of sp³-hybridized carbons (Fsp3) is 0.583. The number of hydrogen-bond acceptors (Lipinski definition) is 7. The molecule has 0 atom stereocenters. The first kappa shape index (κ1) is 25.3.